The molecule has 0 aliphatic heterocycles. The number of thioether (sulfide) groups is 1. The molecule has 0 aromatic carbocycles. The minimum Gasteiger partial charge on any atom is -0.356 e. The summed E-state index contributed by atoms with van der Waals surface area (Å²) in [5.41, 5.74) is 0. The predicted molar refractivity (Wildman–Crippen MR) is 60.1 cm³/mol. The van der Waals surface area contributed by atoms with Crippen LogP contribution in [0.3, 0.4) is 0 Å². The van der Waals surface area contributed by atoms with Crippen molar-refractivity contribution in [1.29, 1.82) is 0 Å². The van der Waals surface area contributed by atoms with Crippen LogP contribution in [-0.2, 0) is 4.79 Å². The fourth-order valence-corrected chi connectivity index (χ4v) is 1.40. The third-order valence-electron chi connectivity index (χ3n) is 1.80. The zero-order chi connectivity index (χ0) is 10.1. The molecule has 0 aromatic rings. The summed E-state index contributed by atoms with van der Waals surface area (Å²) in [5.74, 6) is 1.96. The van der Waals surface area contributed by atoms with Gasteiger partial charge >= 0.3 is 0 Å². The molecule has 0 rings (SSSR count). The molecule has 13 heavy (non-hydrogen) atoms. The SMILES string of the molecule is CSCCCC(=O)NCCC(C)C. The summed E-state index contributed by atoms with van der Waals surface area (Å²) in [4.78, 5) is 11.2. The fourth-order valence-electron chi connectivity index (χ4n) is 0.966. The van der Waals surface area contributed by atoms with E-state index < -0.39 is 0 Å². The van der Waals surface area contributed by atoms with Crippen LogP contribution in [0.15, 0.2) is 0 Å². The van der Waals surface area contributed by atoms with Crippen LogP contribution in [-0.4, -0.2) is 24.5 Å². The molecule has 2 nitrogen and oxygen atoms in total. The second-order valence-corrected chi connectivity index (χ2v) is 4.61. The summed E-state index contributed by atoms with van der Waals surface area (Å²) in [6, 6.07) is 0. The lowest BCUT2D eigenvalue weighted by atomic mass is 10.1. The number of rotatable bonds is 7. The van der Waals surface area contributed by atoms with Gasteiger partial charge in [-0.05, 0) is 30.8 Å². The number of hydrogen-bond donors (Lipinski definition) is 1. The van der Waals surface area contributed by atoms with Gasteiger partial charge in [0.1, 0.15) is 0 Å². The quantitative estimate of drug-likeness (QED) is 0.643. The van der Waals surface area contributed by atoms with Gasteiger partial charge in [0.25, 0.3) is 0 Å². The Bertz CT molecular complexity index is 137. The van der Waals surface area contributed by atoms with Gasteiger partial charge in [0, 0.05) is 13.0 Å². The van der Waals surface area contributed by atoms with Crippen LogP contribution in [0.5, 0.6) is 0 Å². The summed E-state index contributed by atoms with van der Waals surface area (Å²) in [7, 11) is 0. The van der Waals surface area contributed by atoms with Crippen LogP contribution < -0.4 is 5.32 Å². The van der Waals surface area contributed by atoms with Crippen LogP contribution in [0.4, 0.5) is 0 Å². The van der Waals surface area contributed by atoms with E-state index in [1.165, 1.54) is 0 Å². The first-order chi connectivity index (χ1) is 6.16. The largest absolute Gasteiger partial charge is 0.356 e. The van der Waals surface area contributed by atoms with Crippen molar-refractivity contribution in [2.75, 3.05) is 18.6 Å². The lowest BCUT2D eigenvalue weighted by molar-refractivity contribution is -0.121. The Morgan fingerprint density at radius 1 is 1.46 bits per heavy atom. The van der Waals surface area contributed by atoms with Crippen molar-refractivity contribution >= 4 is 17.7 Å². The van der Waals surface area contributed by atoms with E-state index in [-0.39, 0.29) is 5.91 Å². The number of hydrogen-bond acceptors (Lipinski definition) is 2. The first kappa shape index (κ1) is 12.8. The van der Waals surface area contributed by atoms with Crippen molar-refractivity contribution in [1.82, 2.24) is 5.32 Å². The maximum Gasteiger partial charge on any atom is 0.220 e. The van der Waals surface area contributed by atoms with Crippen molar-refractivity contribution in [3.63, 3.8) is 0 Å². The smallest absolute Gasteiger partial charge is 0.220 e. The molecule has 0 radical (unpaired) electrons. The third kappa shape index (κ3) is 9.74. The van der Waals surface area contributed by atoms with Gasteiger partial charge in [0.05, 0.1) is 0 Å². The van der Waals surface area contributed by atoms with Crippen LogP contribution >= 0.6 is 11.8 Å². The van der Waals surface area contributed by atoms with Gasteiger partial charge in [-0.1, -0.05) is 13.8 Å². The van der Waals surface area contributed by atoms with Gasteiger partial charge in [0.15, 0.2) is 0 Å². The van der Waals surface area contributed by atoms with Crippen LogP contribution in [0.2, 0.25) is 0 Å². The molecule has 0 bridgehead atoms. The molecule has 0 fully saturated rings. The summed E-state index contributed by atoms with van der Waals surface area (Å²) < 4.78 is 0. The third-order valence-corrected chi connectivity index (χ3v) is 2.49. The highest BCUT2D eigenvalue weighted by atomic mass is 32.2. The molecule has 0 unspecified atom stereocenters. The normalized spacial score (nSPS) is 10.5. The Kier molecular flexibility index (Phi) is 8.30. The van der Waals surface area contributed by atoms with Crippen LogP contribution in [0, 0.1) is 5.92 Å². The molecule has 0 saturated carbocycles. The maximum absolute atomic E-state index is 11.2. The van der Waals surface area contributed by atoms with E-state index in [0.29, 0.717) is 12.3 Å². The number of carbonyl (C=O) groups is 1. The molecular weight excluding hydrogens is 182 g/mol. The second kappa shape index (κ2) is 8.42. The van der Waals surface area contributed by atoms with Crippen molar-refractivity contribution in [2.24, 2.45) is 5.92 Å². The van der Waals surface area contributed by atoms with E-state index in [9.17, 15) is 4.79 Å². The Morgan fingerprint density at radius 2 is 2.15 bits per heavy atom. The lowest BCUT2D eigenvalue weighted by Crippen LogP contribution is -2.25. The van der Waals surface area contributed by atoms with E-state index in [2.05, 4.69) is 25.4 Å². The molecule has 3 heteroatoms. The Balaban J connectivity index is 3.20. The maximum atomic E-state index is 11.2. The molecule has 78 valence electrons. The molecule has 0 aromatic heterocycles. The summed E-state index contributed by atoms with van der Waals surface area (Å²) in [5, 5.41) is 2.92. The highest BCUT2D eigenvalue weighted by molar-refractivity contribution is 7.98. The number of carbonyl (C=O) groups excluding carboxylic acids is 1. The topological polar surface area (TPSA) is 29.1 Å². The summed E-state index contributed by atoms with van der Waals surface area (Å²) in [6.45, 7) is 5.16. The predicted octanol–water partition coefficient (Wildman–Crippen LogP) is 2.29. The van der Waals surface area contributed by atoms with Crippen molar-refractivity contribution in [3.8, 4) is 0 Å². The highest BCUT2D eigenvalue weighted by Crippen LogP contribution is 2.00. The first-order valence-electron chi connectivity index (χ1n) is 4.92. The molecule has 0 aliphatic rings. The van der Waals surface area contributed by atoms with E-state index in [1.807, 2.05) is 0 Å². The molecular formula is C10H21NOS. The molecule has 0 saturated heterocycles. The fraction of sp³-hybridized carbons (Fsp3) is 0.900. The Morgan fingerprint density at radius 3 is 2.69 bits per heavy atom. The number of nitrogens with one attached hydrogen (secondary N) is 1. The summed E-state index contributed by atoms with van der Waals surface area (Å²) >= 11 is 1.79. The van der Waals surface area contributed by atoms with E-state index in [1.54, 1.807) is 11.8 Å². The van der Waals surface area contributed by atoms with Crippen molar-refractivity contribution in [3.05, 3.63) is 0 Å². The summed E-state index contributed by atoms with van der Waals surface area (Å²) in [6.07, 6.45) is 4.82. The molecule has 0 heterocycles. The second-order valence-electron chi connectivity index (χ2n) is 3.63. The average molecular weight is 203 g/mol. The minimum absolute atomic E-state index is 0.203. The van der Waals surface area contributed by atoms with Gasteiger partial charge in [-0.2, -0.15) is 11.8 Å². The van der Waals surface area contributed by atoms with Crippen molar-refractivity contribution in [2.45, 2.75) is 33.1 Å². The average Bonchev–Trinajstić information content (AvgIpc) is 2.04. The zero-order valence-corrected chi connectivity index (χ0v) is 9.75. The number of amides is 1. The van der Waals surface area contributed by atoms with Gasteiger partial charge in [0.2, 0.25) is 5.91 Å². The minimum atomic E-state index is 0.203. The first-order valence-corrected chi connectivity index (χ1v) is 6.31. The van der Waals surface area contributed by atoms with Crippen LogP contribution in [0.1, 0.15) is 33.1 Å². The lowest BCUT2D eigenvalue weighted by Gasteiger charge is -2.06. The van der Waals surface area contributed by atoms with E-state index in [0.717, 1.165) is 25.1 Å². The Labute approximate surface area is 85.9 Å². The van der Waals surface area contributed by atoms with E-state index >= 15 is 0 Å². The Hall–Kier alpha value is -0.180. The van der Waals surface area contributed by atoms with Gasteiger partial charge in [-0.3, -0.25) is 4.79 Å². The van der Waals surface area contributed by atoms with Gasteiger partial charge < -0.3 is 5.32 Å². The van der Waals surface area contributed by atoms with E-state index in [4.69, 9.17) is 0 Å². The zero-order valence-electron chi connectivity index (χ0n) is 8.93. The molecule has 1 N–H and O–H groups in total. The van der Waals surface area contributed by atoms with Gasteiger partial charge in [-0.15, -0.1) is 0 Å². The molecule has 0 spiro atoms. The molecule has 1 amide bonds. The van der Waals surface area contributed by atoms with Crippen molar-refractivity contribution < 1.29 is 4.79 Å². The molecule has 0 atom stereocenters. The van der Waals surface area contributed by atoms with Gasteiger partial charge in [-0.25, -0.2) is 0 Å². The molecule has 0 aliphatic carbocycles. The standard InChI is InChI=1S/C10H21NOS/c1-9(2)6-7-11-10(12)5-4-8-13-3/h9H,4-8H2,1-3H3,(H,11,12). The highest BCUT2D eigenvalue weighted by Gasteiger charge is 2.00. The van der Waals surface area contributed by atoms with Crippen LogP contribution in [0.25, 0.3) is 0 Å². The monoisotopic (exact) mass is 203 g/mol.